The van der Waals surface area contributed by atoms with E-state index in [1.54, 1.807) is 25.1 Å². The fourth-order valence-corrected chi connectivity index (χ4v) is 5.28. The second kappa shape index (κ2) is 10.7. The summed E-state index contributed by atoms with van der Waals surface area (Å²) in [6.45, 7) is 2.61. The summed E-state index contributed by atoms with van der Waals surface area (Å²) in [5, 5.41) is 2.97. The number of Topliss-reactive ketones (excluding diaryl/α,β-unsaturated/α-hetero) is 1. The van der Waals surface area contributed by atoms with Gasteiger partial charge in [-0.25, -0.2) is 16.8 Å². The number of nitrogens with one attached hydrogen (secondary N) is 2. The number of carbonyl (C=O) groups excluding carboxylic acids is 2. The van der Waals surface area contributed by atoms with Gasteiger partial charge in [-0.15, -0.1) is 0 Å². The second-order valence-corrected chi connectivity index (χ2v) is 12.0. The minimum atomic E-state index is -3.91. The molecule has 36 heavy (non-hydrogen) atoms. The van der Waals surface area contributed by atoms with Crippen molar-refractivity contribution in [1.82, 2.24) is 0 Å². The van der Waals surface area contributed by atoms with Gasteiger partial charge in [-0.2, -0.15) is 0 Å². The van der Waals surface area contributed by atoms with E-state index in [1.165, 1.54) is 55.5 Å². The highest BCUT2D eigenvalue weighted by molar-refractivity contribution is 7.92. The molecule has 0 aromatic heterocycles. The largest absolute Gasteiger partial charge is 0.325 e. The number of halogens is 1. The first-order valence-electron chi connectivity index (χ1n) is 10.5. The van der Waals surface area contributed by atoms with E-state index in [9.17, 15) is 26.4 Å². The Balaban J connectivity index is 1.73. The van der Waals surface area contributed by atoms with Crippen molar-refractivity contribution in [2.75, 3.05) is 27.1 Å². The molecule has 0 saturated heterocycles. The third-order valence-corrected chi connectivity index (χ3v) is 8.05. The Kier molecular flexibility index (Phi) is 8.07. The molecule has 0 aliphatic carbocycles. The molecular weight excluding hydrogens is 526 g/mol. The monoisotopic (exact) mass is 549 g/mol. The average molecular weight is 550 g/mol. The minimum Gasteiger partial charge on any atom is -0.325 e. The van der Waals surface area contributed by atoms with Gasteiger partial charge in [-0.1, -0.05) is 29.8 Å². The number of anilines is 3. The summed E-state index contributed by atoms with van der Waals surface area (Å²) in [7, 11) is -7.76. The van der Waals surface area contributed by atoms with E-state index in [-0.39, 0.29) is 22.1 Å². The van der Waals surface area contributed by atoms with Crippen LogP contribution >= 0.6 is 11.6 Å². The van der Waals surface area contributed by atoms with Gasteiger partial charge in [0.2, 0.25) is 15.9 Å². The molecule has 0 spiro atoms. The van der Waals surface area contributed by atoms with Crippen LogP contribution in [0.4, 0.5) is 17.1 Å². The highest BCUT2D eigenvalue weighted by atomic mass is 35.5. The standard InChI is InChI=1S/C24H24ClN3O6S2/c1-16-7-8-20(14-23(16)25)27-36(33,34)22-11-9-19(10-12-22)26-24(30)15-28(35(3,31)32)21-6-4-5-18(13-21)17(2)29/h4-14,27H,15H2,1-3H3,(H,26,30). The Hall–Kier alpha value is -3.41. The van der Waals surface area contributed by atoms with E-state index in [2.05, 4.69) is 10.0 Å². The SMILES string of the molecule is CC(=O)c1cccc(N(CC(=O)Nc2ccc(S(=O)(=O)Nc3ccc(C)c(Cl)c3)cc2)S(C)(=O)=O)c1. The zero-order valence-electron chi connectivity index (χ0n) is 19.6. The molecule has 0 aliphatic heterocycles. The number of ketones is 1. The number of nitrogens with zero attached hydrogens (tertiary/aromatic N) is 1. The Bertz CT molecular complexity index is 1520. The van der Waals surface area contributed by atoms with Crippen LogP contribution in [-0.4, -0.2) is 41.3 Å². The van der Waals surface area contributed by atoms with E-state index >= 15 is 0 Å². The molecule has 1 amide bonds. The molecule has 0 bridgehead atoms. The molecule has 3 rings (SSSR count). The molecule has 0 unspecified atom stereocenters. The molecule has 12 heteroatoms. The van der Waals surface area contributed by atoms with Gasteiger partial charge in [0.05, 0.1) is 22.5 Å². The summed E-state index contributed by atoms with van der Waals surface area (Å²) >= 11 is 6.05. The van der Waals surface area contributed by atoms with Crippen molar-refractivity contribution in [2.45, 2.75) is 18.7 Å². The molecule has 3 aromatic carbocycles. The van der Waals surface area contributed by atoms with E-state index < -0.39 is 32.5 Å². The number of hydrogen-bond donors (Lipinski definition) is 2. The van der Waals surface area contributed by atoms with Gasteiger partial charge in [0.25, 0.3) is 10.0 Å². The van der Waals surface area contributed by atoms with Gasteiger partial charge >= 0.3 is 0 Å². The van der Waals surface area contributed by atoms with Crippen LogP contribution in [0.5, 0.6) is 0 Å². The Labute approximate surface area is 215 Å². The number of hydrogen-bond acceptors (Lipinski definition) is 6. The summed E-state index contributed by atoms with van der Waals surface area (Å²) in [5.41, 5.74) is 1.85. The van der Waals surface area contributed by atoms with Gasteiger partial charge < -0.3 is 5.32 Å². The molecule has 9 nitrogen and oxygen atoms in total. The minimum absolute atomic E-state index is 0.0454. The summed E-state index contributed by atoms with van der Waals surface area (Å²) in [6.07, 6.45) is 0.953. The van der Waals surface area contributed by atoms with Gasteiger partial charge in [-0.3, -0.25) is 18.6 Å². The van der Waals surface area contributed by atoms with Gasteiger partial charge in [-0.05, 0) is 67.9 Å². The quantitative estimate of drug-likeness (QED) is 0.387. The second-order valence-electron chi connectivity index (χ2n) is 8.02. The van der Waals surface area contributed by atoms with E-state index in [0.29, 0.717) is 16.3 Å². The molecule has 0 fully saturated rings. The van der Waals surface area contributed by atoms with Crippen LogP contribution in [-0.2, 0) is 24.8 Å². The first kappa shape index (κ1) is 27.2. The van der Waals surface area contributed by atoms with Crippen molar-refractivity contribution in [3.8, 4) is 0 Å². The van der Waals surface area contributed by atoms with Gasteiger partial charge in [0, 0.05) is 16.3 Å². The maximum Gasteiger partial charge on any atom is 0.261 e. The van der Waals surface area contributed by atoms with Crippen molar-refractivity contribution in [2.24, 2.45) is 0 Å². The molecule has 2 N–H and O–H groups in total. The third kappa shape index (κ3) is 6.84. The summed E-state index contributed by atoms with van der Waals surface area (Å²) in [5.74, 6) is -0.901. The van der Waals surface area contributed by atoms with Crippen LogP contribution < -0.4 is 14.3 Å². The summed E-state index contributed by atoms with van der Waals surface area (Å²) in [6, 6.07) is 16.1. The first-order valence-corrected chi connectivity index (χ1v) is 14.2. The summed E-state index contributed by atoms with van der Waals surface area (Å²) in [4.78, 5) is 24.2. The van der Waals surface area contributed by atoms with Crippen molar-refractivity contribution in [3.05, 3.63) is 82.9 Å². The van der Waals surface area contributed by atoms with Crippen molar-refractivity contribution in [3.63, 3.8) is 0 Å². The zero-order chi connectivity index (χ0) is 26.7. The highest BCUT2D eigenvalue weighted by Crippen LogP contribution is 2.24. The Morgan fingerprint density at radius 2 is 1.56 bits per heavy atom. The lowest BCUT2D eigenvalue weighted by Crippen LogP contribution is -2.37. The predicted molar refractivity (Wildman–Crippen MR) is 141 cm³/mol. The van der Waals surface area contributed by atoms with Crippen molar-refractivity contribution in [1.29, 1.82) is 0 Å². The van der Waals surface area contributed by atoms with Crippen LogP contribution in [0.15, 0.2) is 71.6 Å². The third-order valence-electron chi connectivity index (χ3n) is 5.10. The topological polar surface area (TPSA) is 130 Å². The van der Waals surface area contributed by atoms with Crippen LogP contribution in [0.1, 0.15) is 22.8 Å². The van der Waals surface area contributed by atoms with Gasteiger partial charge in [0.15, 0.2) is 5.78 Å². The van der Waals surface area contributed by atoms with Crippen LogP contribution in [0.25, 0.3) is 0 Å². The van der Waals surface area contributed by atoms with Crippen LogP contribution in [0.2, 0.25) is 5.02 Å². The van der Waals surface area contributed by atoms with E-state index in [0.717, 1.165) is 16.1 Å². The lowest BCUT2D eigenvalue weighted by molar-refractivity contribution is -0.114. The number of sulfonamides is 2. The molecule has 0 radical (unpaired) electrons. The molecule has 0 heterocycles. The number of rotatable bonds is 9. The molecular formula is C24H24ClN3O6S2. The zero-order valence-corrected chi connectivity index (χ0v) is 22.0. The maximum absolute atomic E-state index is 12.7. The number of benzene rings is 3. The normalized spacial score (nSPS) is 11.6. The molecule has 0 atom stereocenters. The van der Waals surface area contributed by atoms with Crippen molar-refractivity contribution >= 4 is 60.4 Å². The molecule has 0 aliphatic rings. The number of aryl methyl sites for hydroxylation is 1. The average Bonchev–Trinajstić information content (AvgIpc) is 2.79. The lowest BCUT2D eigenvalue weighted by Gasteiger charge is -2.22. The lowest BCUT2D eigenvalue weighted by atomic mass is 10.1. The van der Waals surface area contributed by atoms with Crippen molar-refractivity contribution < 1.29 is 26.4 Å². The predicted octanol–water partition coefficient (Wildman–Crippen LogP) is 4.06. The summed E-state index contributed by atoms with van der Waals surface area (Å²) < 4.78 is 53.3. The van der Waals surface area contributed by atoms with E-state index in [1.807, 2.05) is 0 Å². The molecule has 0 saturated carbocycles. The maximum atomic E-state index is 12.7. The fraction of sp³-hybridized carbons (Fsp3) is 0.167. The number of carbonyl (C=O) groups is 2. The molecule has 3 aromatic rings. The van der Waals surface area contributed by atoms with Gasteiger partial charge in [0.1, 0.15) is 6.54 Å². The Morgan fingerprint density at radius 3 is 2.14 bits per heavy atom. The first-order chi connectivity index (χ1) is 16.8. The highest BCUT2D eigenvalue weighted by Gasteiger charge is 2.22. The van der Waals surface area contributed by atoms with E-state index in [4.69, 9.17) is 11.6 Å². The van der Waals surface area contributed by atoms with Crippen LogP contribution in [0, 0.1) is 6.92 Å². The Morgan fingerprint density at radius 1 is 0.917 bits per heavy atom. The smallest absolute Gasteiger partial charge is 0.261 e. The molecule has 190 valence electrons. The number of amides is 1. The fourth-order valence-electron chi connectivity index (χ4n) is 3.20. The van der Waals surface area contributed by atoms with Crippen LogP contribution in [0.3, 0.4) is 0 Å².